The fraction of sp³-hybridized carbons (Fsp3) is 0.100. The third-order valence-electron chi connectivity index (χ3n) is 2.04. The number of nitrogens with one attached hydrogen (secondary N) is 2. The van der Waals surface area contributed by atoms with Gasteiger partial charge in [-0.05, 0) is 18.2 Å². The van der Waals surface area contributed by atoms with Crippen molar-refractivity contribution in [1.29, 1.82) is 0 Å². The van der Waals surface area contributed by atoms with Gasteiger partial charge in [0, 0.05) is 11.1 Å². The number of anilines is 1. The van der Waals surface area contributed by atoms with Gasteiger partial charge < -0.3 is 10.4 Å². The van der Waals surface area contributed by atoms with Gasteiger partial charge in [0.15, 0.2) is 0 Å². The number of carbonyl (C=O) groups excluding carboxylic acids is 1. The van der Waals surface area contributed by atoms with Crippen LogP contribution in [0.3, 0.4) is 0 Å². The first-order chi connectivity index (χ1) is 7.65. The van der Waals surface area contributed by atoms with Crippen LogP contribution in [0.5, 0.6) is 0 Å². The molecule has 2 rings (SSSR count). The summed E-state index contributed by atoms with van der Waals surface area (Å²) < 4.78 is 0. The summed E-state index contributed by atoms with van der Waals surface area (Å²) in [6.07, 6.45) is 1.12. The molecule has 3 N–H and O–H groups in total. The lowest BCUT2D eigenvalue weighted by atomic mass is 10.2. The van der Waals surface area contributed by atoms with Gasteiger partial charge in [-0.2, -0.15) is 5.10 Å². The number of aromatic nitrogens is 2. The summed E-state index contributed by atoms with van der Waals surface area (Å²) in [6.45, 7) is 0. The Morgan fingerprint density at radius 2 is 2.25 bits per heavy atom. The lowest BCUT2D eigenvalue weighted by Crippen LogP contribution is -2.15. The highest BCUT2D eigenvalue weighted by Crippen LogP contribution is 2.16. The third-order valence-corrected chi connectivity index (χ3v) is 2.04. The molecule has 0 aliphatic heterocycles. The Morgan fingerprint density at radius 3 is 3.00 bits per heavy atom. The first-order valence-corrected chi connectivity index (χ1v) is 4.60. The summed E-state index contributed by atoms with van der Waals surface area (Å²) in [7, 11) is 0. The molecule has 6 nitrogen and oxygen atoms in total. The number of benzene rings is 1. The molecule has 1 heterocycles. The number of nitrogens with zero attached hydrogens (tertiary/aromatic N) is 1. The molecule has 0 unspecified atom stereocenters. The monoisotopic (exact) mass is 219 g/mol. The summed E-state index contributed by atoms with van der Waals surface area (Å²) in [4.78, 5) is 21.5. The number of carbonyl (C=O) groups is 2. The molecule has 0 aliphatic rings. The number of aliphatic carboxylic acids is 1. The summed E-state index contributed by atoms with van der Waals surface area (Å²) in [5.41, 5.74) is 1.33. The highest BCUT2D eigenvalue weighted by molar-refractivity contribution is 6.02. The first-order valence-electron chi connectivity index (χ1n) is 4.60. The Kier molecular flexibility index (Phi) is 2.55. The van der Waals surface area contributed by atoms with Crippen molar-refractivity contribution in [2.24, 2.45) is 0 Å². The van der Waals surface area contributed by atoms with Gasteiger partial charge in [-0.1, -0.05) is 0 Å². The Balaban J connectivity index is 2.14. The largest absolute Gasteiger partial charge is 0.481 e. The van der Waals surface area contributed by atoms with Crippen molar-refractivity contribution >= 4 is 28.5 Å². The number of H-pyrrole nitrogens is 1. The molecular formula is C10H9N3O3. The molecule has 1 amide bonds. The number of carboxylic acid groups (broad SMARTS) is 1. The number of amides is 1. The van der Waals surface area contributed by atoms with E-state index in [2.05, 4.69) is 15.5 Å². The maximum atomic E-state index is 11.2. The molecule has 82 valence electrons. The van der Waals surface area contributed by atoms with Crippen LogP contribution in [0.4, 0.5) is 5.69 Å². The van der Waals surface area contributed by atoms with E-state index < -0.39 is 18.3 Å². The van der Waals surface area contributed by atoms with E-state index in [1.165, 1.54) is 0 Å². The van der Waals surface area contributed by atoms with Crippen molar-refractivity contribution in [3.05, 3.63) is 24.4 Å². The van der Waals surface area contributed by atoms with E-state index >= 15 is 0 Å². The lowest BCUT2D eigenvalue weighted by Gasteiger charge is -2.02. The summed E-state index contributed by atoms with van der Waals surface area (Å²) in [5.74, 6) is -1.70. The van der Waals surface area contributed by atoms with E-state index in [0.717, 1.165) is 10.9 Å². The van der Waals surface area contributed by atoms with Gasteiger partial charge in [0.05, 0.1) is 11.7 Å². The minimum atomic E-state index is -1.15. The van der Waals surface area contributed by atoms with Crippen LogP contribution >= 0.6 is 0 Å². The van der Waals surface area contributed by atoms with Crippen molar-refractivity contribution in [2.75, 3.05) is 5.32 Å². The van der Waals surface area contributed by atoms with Crippen LogP contribution in [0.15, 0.2) is 24.4 Å². The van der Waals surface area contributed by atoms with Crippen LogP contribution < -0.4 is 5.32 Å². The van der Waals surface area contributed by atoms with Gasteiger partial charge in [0.2, 0.25) is 5.91 Å². The van der Waals surface area contributed by atoms with Crippen molar-refractivity contribution in [2.45, 2.75) is 6.42 Å². The van der Waals surface area contributed by atoms with Crippen LogP contribution in [0.25, 0.3) is 10.9 Å². The van der Waals surface area contributed by atoms with Crippen LogP contribution in [0, 0.1) is 0 Å². The van der Waals surface area contributed by atoms with E-state index in [9.17, 15) is 9.59 Å². The molecule has 0 atom stereocenters. The SMILES string of the molecule is O=C(O)CC(=O)Nc1ccc2cn[nH]c2c1. The number of hydrogen-bond donors (Lipinski definition) is 3. The predicted molar refractivity (Wildman–Crippen MR) is 57.0 cm³/mol. The molecule has 0 bridgehead atoms. The maximum absolute atomic E-state index is 11.2. The van der Waals surface area contributed by atoms with Crippen LogP contribution in [-0.2, 0) is 9.59 Å². The fourth-order valence-electron chi connectivity index (χ4n) is 1.36. The number of rotatable bonds is 3. The normalized spacial score (nSPS) is 10.2. The zero-order valence-electron chi connectivity index (χ0n) is 8.23. The Labute approximate surface area is 90.3 Å². The quantitative estimate of drug-likeness (QED) is 0.670. The molecule has 0 saturated heterocycles. The fourth-order valence-corrected chi connectivity index (χ4v) is 1.36. The van der Waals surface area contributed by atoms with Gasteiger partial charge in [-0.15, -0.1) is 0 Å². The zero-order valence-corrected chi connectivity index (χ0v) is 8.23. The number of carboxylic acids is 1. The molecule has 0 aliphatic carbocycles. The zero-order chi connectivity index (χ0) is 11.5. The molecule has 0 spiro atoms. The maximum Gasteiger partial charge on any atom is 0.312 e. The molecule has 6 heteroatoms. The minimum absolute atomic E-state index is 0.541. The van der Waals surface area contributed by atoms with Crippen molar-refractivity contribution < 1.29 is 14.7 Å². The number of hydrogen-bond acceptors (Lipinski definition) is 3. The molecule has 1 aromatic heterocycles. The van der Waals surface area contributed by atoms with Gasteiger partial charge in [0.25, 0.3) is 0 Å². The Morgan fingerprint density at radius 1 is 1.44 bits per heavy atom. The molecular weight excluding hydrogens is 210 g/mol. The predicted octanol–water partition coefficient (Wildman–Crippen LogP) is 0.976. The van der Waals surface area contributed by atoms with Crippen LogP contribution in [0.1, 0.15) is 6.42 Å². The van der Waals surface area contributed by atoms with Gasteiger partial charge >= 0.3 is 5.97 Å². The van der Waals surface area contributed by atoms with Crippen LogP contribution in [0.2, 0.25) is 0 Å². The average molecular weight is 219 g/mol. The second-order valence-corrected chi connectivity index (χ2v) is 3.29. The topological polar surface area (TPSA) is 95.1 Å². The number of fused-ring (bicyclic) bond motifs is 1. The molecule has 16 heavy (non-hydrogen) atoms. The van der Waals surface area contributed by atoms with E-state index in [-0.39, 0.29) is 0 Å². The standard InChI is InChI=1S/C10H9N3O3/c14-9(4-10(15)16)12-7-2-1-6-5-11-13-8(6)3-7/h1-3,5H,4H2,(H,11,13)(H,12,14)(H,15,16). The first kappa shape index (κ1) is 10.2. The van der Waals surface area contributed by atoms with Gasteiger partial charge in [0.1, 0.15) is 6.42 Å². The Bertz CT molecular complexity index is 547. The number of aromatic amines is 1. The average Bonchev–Trinajstić information content (AvgIpc) is 2.63. The van der Waals surface area contributed by atoms with E-state index in [0.29, 0.717) is 5.69 Å². The van der Waals surface area contributed by atoms with E-state index in [1.54, 1.807) is 24.4 Å². The van der Waals surface area contributed by atoms with E-state index in [4.69, 9.17) is 5.11 Å². The minimum Gasteiger partial charge on any atom is -0.481 e. The summed E-state index contributed by atoms with van der Waals surface area (Å²) in [5, 5.41) is 18.4. The van der Waals surface area contributed by atoms with Crippen molar-refractivity contribution in [3.8, 4) is 0 Å². The molecule has 2 aromatic rings. The molecule has 1 aromatic carbocycles. The summed E-state index contributed by atoms with van der Waals surface area (Å²) >= 11 is 0. The second-order valence-electron chi connectivity index (χ2n) is 3.29. The van der Waals surface area contributed by atoms with E-state index in [1.807, 2.05) is 0 Å². The summed E-state index contributed by atoms with van der Waals surface area (Å²) in [6, 6.07) is 5.18. The molecule has 0 radical (unpaired) electrons. The van der Waals surface area contributed by atoms with Crippen LogP contribution in [-0.4, -0.2) is 27.2 Å². The second kappa shape index (κ2) is 4.01. The highest BCUT2D eigenvalue weighted by atomic mass is 16.4. The molecule has 0 fully saturated rings. The third kappa shape index (κ3) is 2.17. The van der Waals surface area contributed by atoms with Gasteiger partial charge in [-0.3, -0.25) is 14.7 Å². The Hall–Kier alpha value is -2.37. The van der Waals surface area contributed by atoms with Gasteiger partial charge in [-0.25, -0.2) is 0 Å². The highest BCUT2D eigenvalue weighted by Gasteiger charge is 2.08. The lowest BCUT2D eigenvalue weighted by molar-refractivity contribution is -0.139. The molecule has 0 saturated carbocycles. The smallest absolute Gasteiger partial charge is 0.312 e. The van der Waals surface area contributed by atoms with Crippen molar-refractivity contribution in [1.82, 2.24) is 10.2 Å². The van der Waals surface area contributed by atoms with Crippen molar-refractivity contribution in [3.63, 3.8) is 0 Å².